The summed E-state index contributed by atoms with van der Waals surface area (Å²) in [6.07, 6.45) is -0.120. The molecule has 1 aliphatic rings. The molecule has 2 atom stereocenters. The lowest BCUT2D eigenvalue weighted by Crippen LogP contribution is -2.50. The quantitative estimate of drug-likeness (QED) is 0.810. The van der Waals surface area contributed by atoms with Gasteiger partial charge in [0, 0.05) is 26.2 Å². The third kappa shape index (κ3) is 4.58. The normalized spacial score (nSPS) is 20.3. The molecule has 2 heterocycles. The van der Waals surface area contributed by atoms with Crippen LogP contribution in [0.2, 0.25) is 0 Å². The van der Waals surface area contributed by atoms with Gasteiger partial charge in [-0.05, 0) is 12.1 Å². The van der Waals surface area contributed by atoms with Crippen molar-refractivity contribution in [3.8, 4) is 5.88 Å². The van der Waals surface area contributed by atoms with E-state index in [0.717, 1.165) is 13.1 Å². The lowest BCUT2D eigenvalue weighted by atomic mass is 9.98. The van der Waals surface area contributed by atoms with Crippen LogP contribution in [0, 0.1) is 0 Å². The van der Waals surface area contributed by atoms with E-state index in [-0.39, 0.29) is 18.2 Å². The van der Waals surface area contributed by atoms with Crippen LogP contribution in [0.4, 0.5) is 10.6 Å². The molecule has 146 valence electrons. The monoisotopic (exact) mass is 373 g/mol. The highest BCUT2D eigenvalue weighted by atomic mass is 16.5. The largest absolute Gasteiger partial charge is 0.481 e. The van der Waals surface area contributed by atoms with Crippen molar-refractivity contribution in [1.82, 2.24) is 20.0 Å². The summed E-state index contributed by atoms with van der Waals surface area (Å²) >= 11 is 0. The van der Waals surface area contributed by atoms with Crippen LogP contribution in [0.1, 0.15) is 18.5 Å². The molecule has 1 aromatic carbocycles. The standard InChI is InChI=1S/C19H27N5O3/c1-4-24-10-11-27-15(18(24)14-8-6-5-7-9-14)13-20-19(25)21-16-12-17(26-3)23(2)22-16/h5-9,12,15,18H,4,10-11,13H2,1-3H3,(H2,20,21,22,25)/t15-,18-/m0/s1. The zero-order chi connectivity index (χ0) is 19.2. The second-order valence-electron chi connectivity index (χ2n) is 6.42. The predicted molar refractivity (Wildman–Crippen MR) is 103 cm³/mol. The fraction of sp³-hybridized carbons (Fsp3) is 0.474. The van der Waals surface area contributed by atoms with Crippen molar-refractivity contribution >= 4 is 11.8 Å². The van der Waals surface area contributed by atoms with Crippen molar-refractivity contribution in [2.75, 3.05) is 38.7 Å². The van der Waals surface area contributed by atoms with Gasteiger partial charge < -0.3 is 14.8 Å². The maximum absolute atomic E-state index is 12.3. The number of nitrogens with zero attached hydrogens (tertiary/aromatic N) is 3. The van der Waals surface area contributed by atoms with E-state index in [2.05, 4.69) is 39.7 Å². The number of methoxy groups -OCH3 is 1. The van der Waals surface area contributed by atoms with Gasteiger partial charge in [0.2, 0.25) is 5.88 Å². The van der Waals surface area contributed by atoms with Crippen LogP contribution in [-0.4, -0.2) is 60.2 Å². The number of ether oxygens (including phenoxy) is 2. The number of benzene rings is 1. The molecule has 0 unspecified atom stereocenters. The molecule has 8 heteroatoms. The molecule has 1 saturated heterocycles. The van der Waals surface area contributed by atoms with Gasteiger partial charge >= 0.3 is 6.03 Å². The van der Waals surface area contributed by atoms with Gasteiger partial charge in [0.05, 0.1) is 25.9 Å². The number of aryl methyl sites for hydroxylation is 1. The van der Waals surface area contributed by atoms with Gasteiger partial charge in [-0.1, -0.05) is 37.3 Å². The Morgan fingerprint density at radius 2 is 2.15 bits per heavy atom. The molecule has 1 aliphatic heterocycles. The number of urea groups is 1. The zero-order valence-electron chi connectivity index (χ0n) is 16.0. The number of carbonyl (C=O) groups excluding carboxylic acids is 1. The molecule has 2 aromatic rings. The summed E-state index contributed by atoms with van der Waals surface area (Å²) in [5.74, 6) is 1.01. The van der Waals surface area contributed by atoms with Crippen molar-refractivity contribution in [3.63, 3.8) is 0 Å². The van der Waals surface area contributed by atoms with E-state index in [4.69, 9.17) is 9.47 Å². The van der Waals surface area contributed by atoms with Crippen molar-refractivity contribution < 1.29 is 14.3 Å². The number of carbonyl (C=O) groups is 1. The Balaban J connectivity index is 1.63. The average molecular weight is 373 g/mol. The molecule has 8 nitrogen and oxygen atoms in total. The van der Waals surface area contributed by atoms with Crippen LogP contribution in [-0.2, 0) is 11.8 Å². The zero-order valence-corrected chi connectivity index (χ0v) is 16.0. The first-order valence-corrected chi connectivity index (χ1v) is 9.15. The first-order valence-electron chi connectivity index (χ1n) is 9.15. The number of aromatic nitrogens is 2. The molecule has 27 heavy (non-hydrogen) atoms. The second-order valence-corrected chi connectivity index (χ2v) is 6.42. The Bertz CT molecular complexity index is 749. The molecular formula is C19H27N5O3. The number of likely N-dealkylation sites (N-methyl/N-ethyl adjacent to an activating group) is 1. The number of morpholine rings is 1. The van der Waals surface area contributed by atoms with Crippen LogP contribution in [0.3, 0.4) is 0 Å². The van der Waals surface area contributed by atoms with Gasteiger partial charge in [0.25, 0.3) is 0 Å². The van der Waals surface area contributed by atoms with Crippen molar-refractivity contribution in [1.29, 1.82) is 0 Å². The maximum atomic E-state index is 12.3. The molecule has 1 aromatic heterocycles. The van der Waals surface area contributed by atoms with Gasteiger partial charge in [-0.25, -0.2) is 9.48 Å². The van der Waals surface area contributed by atoms with Crippen molar-refractivity contribution in [2.24, 2.45) is 7.05 Å². The molecule has 2 N–H and O–H groups in total. The number of hydrogen-bond acceptors (Lipinski definition) is 5. The number of nitrogens with one attached hydrogen (secondary N) is 2. The van der Waals surface area contributed by atoms with E-state index in [9.17, 15) is 4.79 Å². The Labute approximate surface area is 159 Å². The van der Waals surface area contributed by atoms with E-state index in [1.165, 1.54) is 5.56 Å². The summed E-state index contributed by atoms with van der Waals surface area (Å²) in [6.45, 7) is 5.02. The molecular weight excluding hydrogens is 346 g/mol. The Hall–Kier alpha value is -2.58. The lowest BCUT2D eigenvalue weighted by Gasteiger charge is -2.41. The number of amides is 2. The first kappa shape index (κ1) is 19.2. The topological polar surface area (TPSA) is 80.6 Å². The van der Waals surface area contributed by atoms with E-state index in [1.807, 2.05) is 18.2 Å². The van der Waals surface area contributed by atoms with Crippen LogP contribution in [0.5, 0.6) is 5.88 Å². The minimum absolute atomic E-state index is 0.111. The van der Waals surface area contributed by atoms with Crippen LogP contribution in [0.15, 0.2) is 36.4 Å². The summed E-state index contributed by atoms with van der Waals surface area (Å²) in [6, 6.07) is 11.7. The Kier molecular flexibility index (Phi) is 6.31. The van der Waals surface area contributed by atoms with Gasteiger partial charge in [0.1, 0.15) is 0 Å². The first-order chi connectivity index (χ1) is 13.1. The lowest BCUT2D eigenvalue weighted by molar-refractivity contribution is -0.0680. The molecule has 0 bridgehead atoms. The fourth-order valence-electron chi connectivity index (χ4n) is 3.44. The molecule has 2 amide bonds. The van der Waals surface area contributed by atoms with E-state index in [0.29, 0.717) is 24.8 Å². The van der Waals surface area contributed by atoms with Crippen molar-refractivity contribution in [3.05, 3.63) is 42.0 Å². The van der Waals surface area contributed by atoms with E-state index < -0.39 is 0 Å². The predicted octanol–water partition coefficient (Wildman–Crippen LogP) is 2.01. The third-order valence-corrected chi connectivity index (χ3v) is 4.75. The number of hydrogen-bond donors (Lipinski definition) is 2. The van der Waals surface area contributed by atoms with E-state index >= 15 is 0 Å². The minimum atomic E-state index is -0.320. The van der Waals surface area contributed by atoms with Gasteiger partial charge in [0.15, 0.2) is 5.82 Å². The number of rotatable bonds is 6. The summed E-state index contributed by atoms with van der Waals surface area (Å²) in [5.41, 5.74) is 1.20. The molecule has 3 rings (SSSR count). The minimum Gasteiger partial charge on any atom is -0.481 e. The number of anilines is 1. The van der Waals surface area contributed by atoms with Gasteiger partial charge in [-0.3, -0.25) is 10.2 Å². The van der Waals surface area contributed by atoms with Crippen molar-refractivity contribution in [2.45, 2.75) is 19.1 Å². The average Bonchev–Trinajstić information content (AvgIpc) is 3.05. The Morgan fingerprint density at radius 1 is 1.37 bits per heavy atom. The molecule has 0 spiro atoms. The van der Waals surface area contributed by atoms with Gasteiger partial charge in [-0.2, -0.15) is 5.10 Å². The molecule has 0 saturated carbocycles. The van der Waals surface area contributed by atoms with Gasteiger partial charge in [-0.15, -0.1) is 0 Å². The summed E-state index contributed by atoms with van der Waals surface area (Å²) in [5, 5.41) is 9.81. The molecule has 0 radical (unpaired) electrons. The SMILES string of the molecule is CCN1CCO[C@@H](CNC(=O)Nc2cc(OC)n(C)n2)[C@@H]1c1ccccc1. The smallest absolute Gasteiger partial charge is 0.320 e. The second kappa shape index (κ2) is 8.88. The van der Waals surface area contributed by atoms with E-state index in [1.54, 1.807) is 24.9 Å². The maximum Gasteiger partial charge on any atom is 0.320 e. The third-order valence-electron chi connectivity index (χ3n) is 4.75. The highest BCUT2D eigenvalue weighted by molar-refractivity contribution is 5.88. The fourth-order valence-corrected chi connectivity index (χ4v) is 3.44. The highest BCUT2D eigenvalue weighted by Gasteiger charge is 2.32. The summed E-state index contributed by atoms with van der Waals surface area (Å²) in [4.78, 5) is 14.7. The molecule has 1 fully saturated rings. The van der Waals surface area contributed by atoms with Crippen LogP contribution < -0.4 is 15.4 Å². The summed E-state index contributed by atoms with van der Waals surface area (Å²) < 4.78 is 12.7. The van der Waals surface area contributed by atoms with Crippen LogP contribution in [0.25, 0.3) is 0 Å². The highest BCUT2D eigenvalue weighted by Crippen LogP contribution is 2.29. The Morgan fingerprint density at radius 3 is 2.81 bits per heavy atom. The van der Waals surface area contributed by atoms with Crippen LogP contribution >= 0.6 is 0 Å². The summed E-state index contributed by atoms with van der Waals surface area (Å²) in [7, 11) is 3.31. The molecule has 0 aliphatic carbocycles.